The maximum absolute atomic E-state index is 15.3. The third-order valence-electron chi connectivity index (χ3n) is 26.5. The molecule has 18 unspecified atom stereocenters. The minimum Gasteiger partial charge on any atom is -0.481 e. The van der Waals surface area contributed by atoms with E-state index in [1.165, 1.54) is 12.8 Å². The highest BCUT2D eigenvalue weighted by molar-refractivity contribution is 6.01. The van der Waals surface area contributed by atoms with Gasteiger partial charge in [-0.1, -0.05) is 48.6 Å². The Bertz CT molecular complexity index is 2940. The lowest BCUT2D eigenvalue weighted by Crippen LogP contribution is -2.69. The summed E-state index contributed by atoms with van der Waals surface area (Å²) in [5, 5.41) is 20.6. The molecule has 0 aromatic rings. The first-order chi connectivity index (χ1) is 41.7. The highest BCUT2D eigenvalue weighted by atomic mass is 16.7. The van der Waals surface area contributed by atoms with Crippen LogP contribution in [0.2, 0.25) is 0 Å². The van der Waals surface area contributed by atoms with Crippen LogP contribution in [-0.4, -0.2) is 127 Å². The van der Waals surface area contributed by atoms with Crippen molar-refractivity contribution in [3.05, 3.63) is 48.6 Å². The van der Waals surface area contributed by atoms with Crippen LogP contribution in [-0.2, 0) is 85.8 Å². The number of fused-ring (bicyclic) bond motifs is 10. The van der Waals surface area contributed by atoms with E-state index in [2.05, 4.69) is 0 Å². The number of esters is 7. The molecule has 18 rings (SSSR count). The fourth-order valence-corrected chi connectivity index (χ4v) is 22.5. The number of ether oxygens (including phenoxy) is 9. The molecule has 2 spiro atoms. The normalized spacial score (nSPS) is 49.4. The van der Waals surface area contributed by atoms with Crippen molar-refractivity contribution in [3.8, 4) is 0 Å². The van der Waals surface area contributed by atoms with Crippen LogP contribution in [0.15, 0.2) is 48.6 Å². The quantitative estimate of drug-likeness (QED) is 0.0440. The van der Waals surface area contributed by atoms with Gasteiger partial charge in [0, 0.05) is 5.92 Å². The molecule has 2 N–H and O–H groups in total. The number of cyclic esters (lactones) is 2. The number of carboxylic acid groups (broad SMARTS) is 2. The molecular weight excluding hydrogens is 1120 g/mol. The third kappa shape index (κ3) is 8.07. The predicted octanol–water partition coefficient (Wildman–Crippen LogP) is 6.38. The van der Waals surface area contributed by atoms with Gasteiger partial charge in [0.1, 0.15) is 48.6 Å². The molecule has 18 aliphatic rings. The smallest absolute Gasteiger partial charge is 0.349 e. The maximum Gasteiger partial charge on any atom is 0.349 e. The van der Waals surface area contributed by atoms with E-state index < -0.39 is 198 Å². The maximum atomic E-state index is 15.3. The molecule has 2 aliphatic heterocycles. The monoisotopic (exact) mass is 1200 g/mol. The van der Waals surface area contributed by atoms with Crippen molar-refractivity contribution >= 4 is 53.7 Å². The molecule has 16 bridgehead atoms. The molecule has 20 heteroatoms. The zero-order valence-corrected chi connectivity index (χ0v) is 49.2. The van der Waals surface area contributed by atoms with Crippen molar-refractivity contribution in [1.29, 1.82) is 0 Å². The van der Waals surface area contributed by atoms with Crippen molar-refractivity contribution in [2.24, 2.45) is 141 Å². The molecule has 18 atom stereocenters. The van der Waals surface area contributed by atoms with Crippen LogP contribution in [0.25, 0.3) is 0 Å². The summed E-state index contributed by atoms with van der Waals surface area (Å²) in [6.45, 7) is 0.870. The fraction of sp³-hybridized carbons (Fsp3) is 0.746. The number of aliphatic carboxylic acids is 2. The van der Waals surface area contributed by atoms with Gasteiger partial charge in [-0.2, -0.15) is 0 Å². The third-order valence-corrected chi connectivity index (χ3v) is 26.5. The van der Waals surface area contributed by atoms with Crippen LogP contribution in [0.5, 0.6) is 0 Å². The van der Waals surface area contributed by atoms with Crippen LogP contribution in [0.3, 0.4) is 0 Å². The van der Waals surface area contributed by atoms with Crippen LogP contribution in [0.4, 0.5) is 0 Å². The van der Waals surface area contributed by atoms with Gasteiger partial charge in [0.2, 0.25) is 12.2 Å². The Kier molecular flexibility index (Phi) is 12.8. The van der Waals surface area contributed by atoms with Gasteiger partial charge in [-0.15, -0.1) is 0 Å². The van der Waals surface area contributed by atoms with Crippen molar-refractivity contribution in [2.75, 3.05) is 33.2 Å². The largest absolute Gasteiger partial charge is 0.481 e. The molecule has 16 aliphatic carbocycles. The summed E-state index contributed by atoms with van der Waals surface area (Å²) >= 11 is 0. The van der Waals surface area contributed by atoms with Gasteiger partial charge in [0.15, 0.2) is 0 Å². The van der Waals surface area contributed by atoms with Gasteiger partial charge in [0.05, 0.1) is 47.7 Å². The standard InChI is InChI=1S/C67H78O20/c1-63(42-13-30-11-31(15-42)16-43(63)14-30)86-59(75)52-66(61(77)84-52)40-9-7-37(23-40)49(66)57(73)81-27-65(25-79-29-83-51-39-6-5-36(22-39)48(51)55(70)71,26-80-56(72)47-35-4-3-34(21-35)46(47)54(68)69)28-82-58(74)50-38-8-10-41(24-38)67(50)53(85-62(67)78)60(76)87-64(2)44-17-32-12-33(19-44)20-45(64)18-32/h3-10,30-53H,11-29H2,1-2H3,(H,68,69)(H,70,71). The SMILES string of the molecule is CC1(OC(=O)C2OC(=O)C23C2C=CC(C2)C3C(=O)OCC(COCOC2C3C=CC(C3)C2C(=O)O)(COC(=O)C2C3C=CC(C3)C2C(=O)O)COC(=O)C2C3C=CC(C3)C23C(=O)OC3C(=O)OC2(C)C3CC4CC(C3)CC2C4)C2CC3CC(C2)CC1C3. The molecule has 0 amide bonds. The molecule has 87 heavy (non-hydrogen) atoms. The molecular formula is C67H78O20. The van der Waals surface area contributed by atoms with E-state index in [1.54, 1.807) is 12.2 Å². The van der Waals surface area contributed by atoms with Gasteiger partial charge < -0.3 is 52.8 Å². The number of hydrogen-bond acceptors (Lipinski definition) is 18. The summed E-state index contributed by atoms with van der Waals surface area (Å²) in [5.74, 6) is -13.7. The Morgan fingerprint density at radius 2 is 0.851 bits per heavy atom. The number of carbonyl (C=O) groups excluding carboxylic acids is 7. The Hall–Kier alpha value is -5.89. The van der Waals surface area contributed by atoms with Crippen molar-refractivity contribution in [2.45, 2.75) is 133 Å². The molecule has 20 nitrogen and oxygen atoms in total. The van der Waals surface area contributed by atoms with Crippen molar-refractivity contribution in [3.63, 3.8) is 0 Å². The van der Waals surface area contributed by atoms with Gasteiger partial charge in [0.25, 0.3) is 0 Å². The van der Waals surface area contributed by atoms with E-state index in [0.717, 1.165) is 51.4 Å². The van der Waals surface area contributed by atoms with Crippen molar-refractivity contribution < 1.29 is 96.0 Å². The second kappa shape index (κ2) is 19.8. The lowest BCUT2D eigenvalue weighted by atomic mass is 9.50. The number of hydrogen-bond donors (Lipinski definition) is 2. The number of carboxylic acids is 2. The average Bonchev–Trinajstić information content (AvgIpc) is 1.61. The first kappa shape index (κ1) is 56.4. The topological polar surface area (TPSA) is 277 Å². The average molecular weight is 1200 g/mol. The fourth-order valence-electron chi connectivity index (χ4n) is 22.5. The van der Waals surface area contributed by atoms with Crippen molar-refractivity contribution in [1.82, 2.24) is 0 Å². The lowest BCUT2D eigenvalue weighted by molar-refractivity contribution is -0.248. The van der Waals surface area contributed by atoms with Crippen LogP contribution >= 0.6 is 0 Å². The molecule has 0 radical (unpaired) electrons. The molecule has 466 valence electrons. The number of carbonyl (C=O) groups is 9. The zero-order valence-electron chi connectivity index (χ0n) is 49.2. The molecule has 0 aromatic carbocycles. The predicted molar refractivity (Wildman–Crippen MR) is 294 cm³/mol. The second-order valence-corrected chi connectivity index (χ2v) is 30.6. The number of allylic oxidation sites excluding steroid dienone is 7. The van der Waals surface area contributed by atoms with Gasteiger partial charge in [-0.3, -0.25) is 33.6 Å². The molecule has 2 saturated heterocycles. The van der Waals surface area contributed by atoms with Gasteiger partial charge in [-0.25, -0.2) is 9.59 Å². The van der Waals surface area contributed by atoms with E-state index in [0.29, 0.717) is 49.4 Å². The molecule has 14 fully saturated rings. The summed E-state index contributed by atoms with van der Waals surface area (Å²) in [4.78, 5) is 128. The summed E-state index contributed by atoms with van der Waals surface area (Å²) in [6.07, 6.45) is 22.9. The zero-order chi connectivity index (χ0) is 60.0. The van der Waals surface area contributed by atoms with E-state index >= 15 is 9.59 Å². The highest BCUT2D eigenvalue weighted by Crippen LogP contribution is 2.68. The van der Waals surface area contributed by atoms with Crippen LogP contribution in [0, 0.1) is 141 Å². The summed E-state index contributed by atoms with van der Waals surface area (Å²) in [5.41, 5.74) is -6.70. The Balaban J connectivity index is 0.694. The van der Waals surface area contributed by atoms with E-state index in [4.69, 9.17) is 42.6 Å². The minimum atomic E-state index is -1.85. The van der Waals surface area contributed by atoms with Gasteiger partial charge in [-0.05, 0) is 193 Å². The first-order valence-corrected chi connectivity index (χ1v) is 32.5. The summed E-state index contributed by atoms with van der Waals surface area (Å²) in [6, 6.07) is 0. The van der Waals surface area contributed by atoms with E-state index in [9.17, 15) is 43.8 Å². The lowest BCUT2D eigenvalue weighted by Gasteiger charge is -2.59. The second-order valence-electron chi connectivity index (χ2n) is 30.6. The highest BCUT2D eigenvalue weighted by Gasteiger charge is 2.79. The Morgan fingerprint density at radius 1 is 0.460 bits per heavy atom. The Labute approximate surface area is 503 Å². The summed E-state index contributed by atoms with van der Waals surface area (Å²) in [7, 11) is 0. The van der Waals surface area contributed by atoms with Gasteiger partial charge >= 0.3 is 53.7 Å². The minimum absolute atomic E-state index is 0.166. The van der Waals surface area contributed by atoms with Crippen LogP contribution < -0.4 is 0 Å². The molecule has 2 heterocycles. The first-order valence-electron chi connectivity index (χ1n) is 32.5. The molecule has 0 aromatic heterocycles. The molecule has 12 saturated carbocycles. The number of rotatable bonds is 20. The van der Waals surface area contributed by atoms with E-state index in [-0.39, 0.29) is 35.5 Å². The Morgan fingerprint density at radius 3 is 1.29 bits per heavy atom. The van der Waals surface area contributed by atoms with Crippen LogP contribution in [0.1, 0.15) is 104 Å². The summed E-state index contributed by atoms with van der Waals surface area (Å²) < 4.78 is 56.0. The van der Waals surface area contributed by atoms with E-state index in [1.807, 2.05) is 50.3 Å².